The molecule has 0 aliphatic carbocycles. The van der Waals surface area contributed by atoms with Crippen molar-refractivity contribution in [3.8, 4) is 0 Å². The molecule has 0 rings (SSSR count). The highest BCUT2D eigenvalue weighted by molar-refractivity contribution is 6.17. The molecule has 0 N–H and O–H groups in total. The van der Waals surface area contributed by atoms with Crippen molar-refractivity contribution in [1.82, 2.24) is 0 Å². The molecule has 2 nitrogen and oxygen atoms in total. The molecule has 0 amide bonds. The fourth-order valence-electron chi connectivity index (χ4n) is 2.54. The second-order valence-electron chi connectivity index (χ2n) is 5.84. The Bertz CT molecular complexity index is 219. The maximum absolute atomic E-state index is 11.1. The van der Waals surface area contributed by atoms with Crippen LogP contribution in [0.2, 0.25) is 0 Å². The summed E-state index contributed by atoms with van der Waals surface area (Å²) >= 11 is 5.65. The van der Waals surface area contributed by atoms with Gasteiger partial charge in [0.2, 0.25) is 0 Å². The van der Waals surface area contributed by atoms with Crippen LogP contribution in [0.5, 0.6) is 0 Å². The largest absolute Gasteiger partial charge is 0.466 e. The second-order valence-corrected chi connectivity index (χ2v) is 6.22. The number of carbonyl (C=O) groups is 1. The molecular formula is C18H35ClO2. The zero-order chi connectivity index (χ0) is 15.6. The Morgan fingerprint density at radius 1 is 0.714 bits per heavy atom. The number of esters is 1. The summed E-state index contributed by atoms with van der Waals surface area (Å²) in [7, 11) is 0. The molecule has 0 radical (unpaired) electrons. The molecule has 0 saturated carbocycles. The molecule has 0 aliphatic rings. The van der Waals surface area contributed by atoms with E-state index in [0.717, 1.165) is 12.3 Å². The average Bonchev–Trinajstić information content (AvgIpc) is 2.48. The Kier molecular flexibility index (Phi) is 17.6. The molecule has 0 aromatic carbocycles. The Morgan fingerprint density at radius 2 is 1.10 bits per heavy atom. The van der Waals surface area contributed by atoms with Gasteiger partial charge in [0.05, 0.1) is 6.61 Å². The predicted molar refractivity (Wildman–Crippen MR) is 92.0 cm³/mol. The molecule has 0 bridgehead atoms. The SMILES string of the molecule is CCOC(=O)CCCCCCCCCCCCCCCCl. The number of carbonyl (C=O) groups excluding carboxylic acids is 1. The van der Waals surface area contributed by atoms with Crippen LogP contribution < -0.4 is 0 Å². The van der Waals surface area contributed by atoms with Crippen LogP contribution in [0.4, 0.5) is 0 Å². The Balaban J connectivity index is 3.01. The number of halogens is 1. The van der Waals surface area contributed by atoms with Gasteiger partial charge in [-0.25, -0.2) is 0 Å². The van der Waals surface area contributed by atoms with E-state index >= 15 is 0 Å². The minimum Gasteiger partial charge on any atom is -0.466 e. The maximum Gasteiger partial charge on any atom is 0.305 e. The topological polar surface area (TPSA) is 26.3 Å². The van der Waals surface area contributed by atoms with E-state index in [1.807, 2.05) is 6.92 Å². The molecule has 0 heterocycles. The van der Waals surface area contributed by atoms with Gasteiger partial charge in [0, 0.05) is 12.3 Å². The number of alkyl halides is 1. The van der Waals surface area contributed by atoms with Crippen LogP contribution in [0, 0.1) is 0 Å². The van der Waals surface area contributed by atoms with E-state index in [1.165, 1.54) is 77.0 Å². The Morgan fingerprint density at radius 3 is 1.48 bits per heavy atom. The zero-order valence-electron chi connectivity index (χ0n) is 14.0. The average molecular weight is 319 g/mol. The fraction of sp³-hybridized carbons (Fsp3) is 0.944. The Hall–Kier alpha value is -0.240. The first-order valence-electron chi connectivity index (χ1n) is 9.02. The first-order chi connectivity index (χ1) is 10.3. The van der Waals surface area contributed by atoms with Crippen molar-refractivity contribution in [2.24, 2.45) is 0 Å². The number of unbranched alkanes of at least 4 members (excludes halogenated alkanes) is 12. The second kappa shape index (κ2) is 17.8. The zero-order valence-corrected chi connectivity index (χ0v) is 14.8. The highest BCUT2D eigenvalue weighted by Crippen LogP contribution is 2.13. The summed E-state index contributed by atoms with van der Waals surface area (Å²) in [4.78, 5) is 11.1. The van der Waals surface area contributed by atoms with Gasteiger partial charge in [0.1, 0.15) is 0 Å². The molecule has 0 fully saturated rings. The lowest BCUT2D eigenvalue weighted by Gasteiger charge is -2.03. The van der Waals surface area contributed by atoms with Crippen molar-refractivity contribution in [3.63, 3.8) is 0 Å². The normalized spacial score (nSPS) is 10.8. The summed E-state index contributed by atoms with van der Waals surface area (Å²) in [5, 5.41) is 0. The molecule has 3 heteroatoms. The number of hydrogen-bond acceptors (Lipinski definition) is 2. The summed E-state index contributed by atoms with van der Waals surface area (Å²) < 4.78 is 4.91. The molecule has 0 aromatic rings. The molecule has 0 unspecified atom stereocenters. The molecule has 0 saturated heterocycles. The van der Waals surface area contributed by atoms with Crippen molar-refractivity contribution in [2.45, 2.75) is 96.8 Å². The minimum atomic E-state index is -0.0384. The standard InChI is InChI=1S/C18H35ClO2/c1-2-21-18(20)16-14-12-10-8-6-4-3-5-7-9-11-13-15-17-19/h2-17H2,1H3. The van der Waals surface area contributed by atoms with E-state index < -0.39 is 0 Å². The van der Waals surface area contributed by atoms with E-state index in [4.69, 9.17) is 16.3 Å². The molecule has 126 valence electrons. The first kappa shape index (κ1) is 20.8. The lowest BCUT2D eigenvalue weighted by Crippen LogP contribution is -2.03. The summed E-state index contributed by atoms with van der Waals surface area (Å²) in [6, 6.07) is 0. The number of ether oxygens (including phenoxy) is 1. The minimum absolute atomic E-state index is 0.0384. The molecule has 21 heavy (non-hydrogen) atoms. The van der Waals surface area contributed by atoms with Crippen LogP contribution in [0.25, 0.3) is 0 Å². The molecule has 0 aromatic heterocycles. The van der Waals surface area contributed by atoms with Crippen molar-refractivity contribution in [2.75, 3.05) is 12.5 Å². The van der Waals surface area contributed by atoms with Gasteiger partial charge in [-0.05, 0) is 19.8 Å². The quantitative estimate of drug-likeness (QED) is 0.191. The lowest BCUT2D eigenvalue weighted by molar-refractivity contribution is -0.143. The fourth-order valence-corrected chi connectivity index (χ4v) is 2.73. The third-order valence-electron chi connectivity index (χ3n) is 3.82. The molecule has 0 spiro atoms. The van der Waals surface area contributed by atoms with Gasteiger partial charge in [0.15, 0.2) is 0 Å². The van der Waals surface area contributed by atoms with Crippen molar-refractivity contribution >= 4 is 17.6 Å². The van der Waals surface area contributed by atoms with E-state index in [9.17, 15) is 4.79 Å². The van der Waals surface area contributed by atoms with E-state index in [1.54, 1.807) is 0 Å². The van der Waals surface area contributed by atoms with E-state index in [-0.39, 0.29) is 5.97 Å². The van der Waals surface area contributed by atoms with Gasteiger partial charge in [-0.15, -0.1) is 11.6 Å². The lowest BCUT2D eigenvalue weighted by atomic mass is 10.0. The summed E-state index contributed by atoms with van der Waals surface area (Å²) in [5.74, 6) is 0.781. The summed E-state index contributed by atoms with van der Waals surface area (Å²) in [5.41, 5.74) is 0. The van der Waals surface area contributed by atoms with Crippen molar-refractivity contribution in [3.05, 3.63) is 0 Å². The van der Waals surface area contributed by atoms with Crippen molar-refractivity contribution < 1.29 is 9.53 Å². The van der Waals surface area contributed by atoms with Crippen LogP contribution in [0.3, 0.4) is 0 Å². The number of hydrogen-bond donors (Lipinski definition) is 0. The highest BCUT2D eigenvalue weighted by atomic mass is 35.5. The maximum atomic E-state index is 11.1. The monoisotopic (exact) mass is 318 g/mol. The smallest absolute Gasteiger partial charge is 0.305 e. The predicted octanol–water partition coefficient (Wildman–Crippen LogP) is 6.25. The van der Waals surface area contributed by atoms with Gasteiger partial charge in [-0.3, -0.25) is 4.79 Å². The van der Waals surface area contributed by atoms with Crippen LogP contribution >= 0.6 is 11.6 Å². The van der Waals surface area contributed by atoms with Gasteiger partial charge >= 0.3 is 5.97 Å². The van der Waals surface area contributed by atoms with Crippen LogP contribution in [-0.4, -0.2) is 18.5 Å². The molecular weight excluding hydrogens is 284 g/mol. The van der Waals surface area contributed by atoms with Crippen LogP contribution in [-0.2, 0) is 9.53 Å². The first-order valence-corrected chi connectivity index (χ1v) is 9.56. The van der Waals surface area contributed by atoms with Gasteiger partial charge in [0.25, 0.3) is 0 Å². The van der Waals surface area contributed by atoms with Crippen LogP contribution in [0.15, 0.2) is 0 Å². The van der Waals surface area contributed by atoms with Crippen LogP contribution in [0.1, 0.15) is 96.8 Å². The van der Waals surface area contributed by atoms with Crippen molar-refractivity contribution in [1.29, 1.82) is 0 Å². The van der Waals surface area contributed by atoms with Gasteiger partial charge in [-0.2, -0.15) is 0 Å². The van der Waals surface area contributed by atoms with Gasteiger partial charge in [-0.1, -0.05) is 70.6 Å². The molecule has 0 aliphatic heterocycles. The Labute approximate surface area is 137 Å². The summed E-state index contributed by atoms with van der Waals surface area (Å²) in [6.45, 7) is 2.36. The third kappa shape index (κ3) is 17.7. The van der Waals surface area contributed by atoms with E-state index in [2.05, 4.69) is 0 Å². The van der Waals surface area contributed by atoms with Gasteiger partial charge < -0.3 is 4.74 Å². The molecule has 0 atom stereocenters. The summed E-state index contributed by atoms with van der Waals surface area (Å²) in [6.07, 6.45) is 17.4. The number of rotatable bonds is 16. The highest BCUT2D eigenvalue weighted by Gasteiger charge is 2.00. The van der Waals surface area contributed by atoms with E-state index in [0.29, 0.717) is 13.0 Å². The third-order valence-corrected chi connectivity index (χ3v) is 4.09.